The van der Waals surface area contributed by atoms with Crippen LogP contribution in [-0.4, -0.2) is 269 Å². The van der Waals surface area contributed by atoms with Gasteiger partial charge in [0.15, 0.2) is 43.7 Å². The van der Waals surface area contributed by atoms with Crippen molar-refractivity contribution in [1.82, 2.24) is 0 Å². The highest BCUT2D eigenvalue weighted by molar-refractivity contribution is 7.81. The maximum absolute atomic E-state index is 12.9. The van der Waals surface area contributed by atoms with Gasteiger partial charge in [0.25, 0.3) is 0 Å². The number of methoxy groups -OCH3 is 1. The Kier molecular flexibility index (Phi) is 23.5. The van der Waals surface area contributed by atoms with E-state index in [4.69, 9.17) is 78.0 Å². The van der Waals surface area contributed by atoms with E-state index in [-0.39, 0.29) is 12.5 Å². The molecule has 0 bridgehead atoms. The second-order valence-electron chi connectivity index (χ2n) is 19.5. The molecule has 16 N–H and O–H groups in total. The molecule has 5 heterocycles. The van der Waals surface area contributed by atoms with Crippen LogP contribution in [0.15, 0.2) is 5.18 Å². The Balaban J connectivity index is 1.29. The van der Waals surface area contributed by atoms with Crippen LogP contribution in [0.2, 0.25) is 0 Å². The molecular formula is C38H66N4O35S4. The number of ether oxygens (including phenoxy) is 11. The van der Waals surface area contributed by atoms with Crippen LogP contribution in [0.1, 0.15) is 39.0 Å². The predicted molar refractivity (Wildman–Crippen MR) is 252 cm³/mol. The third-order valence-corrected chi connectivity index (χ3v) is 15.7. The number of nitrogens with two attached hydrogens (primary N) is 3. The number of aliphatic hydroxyl groups is 5. The van der Waals surface area contributed by atoms with Crippen molar-refractivity contribution < 1.29 is 156 Å². The first-order valence-corrected chi connectivity index (χ1v) is 29.8. The van der Waals surface area contributed by atoms with Crippen LogP contribution >= 0.6 is 0 Å². The van der Waals surface area contributed by atoms with E-state index >= 15 is 0 Å². The number of carboxylic acid groups (broad SMARTS) is 1. The van der Waals surface area contributed by atoms with Gasteiger partial charge in [-0.3, -0.25) is 18.2 Å². The number of rotatable bonds is 25. The molecule has 1 saturated carbocycles. The summed E-state index contributed by atoms with van der Waals surface area (Å²) < 4.78 is 214. The normalized spacial score (nSPS) is 42.5. The maximum atomic E-state index is 12.9. The summed E-state index contributed by atoms with van der Waals surface area (Å²) in [7, 11) is -20.3. The van der Waals surface area contributed by atoms with Crippen molar-refractivity contribution in [1.29, 1.82) is 0 Å². The lowest BCUT2D eigenvalue weighted by Crippen LogP contribution is -2.68. The quantitative estimate of drug-likeness (QED) is 0.0298. The largest absolute Gasteiger partial charge is 0.479 e. The van der Waals surface area contributed by atoms with Crippen LogP contribution < -0.4 is 17.2 Å². The van der Waals surface area contributed by atoms with Gasteiger partial charge >= 0.3 is 47.6 Å². The summed E-state index contributed by atoms with van der Waals surface area (Å²) in [4.78, 5) is 25.5. The molecule has 43 heteroatoms. The number of hydrogen-bond donors (Lipinski definition) is 13. The lowest BCUT2D eigenvalue weighted by atomic mass is 9.88. The second-order valence-corrected chi connectivity index (χ2v) is 23.8. The molecule has 0 aromatic carbocycles. The van der Waals surface area contributed by atoms with Crippen molar-refractivity contribution in [2.75, 3.05) is 33.5 Å². The van der Waals surface area contributed by atoms with Gasteiger partial charge in [0.2, 0.25) is 6.23 Å². The van der Waals surface area contributed by atoms with Gasteiger partial charge in [-0.05, 0) is 23.9 Å². The first kappa shape index (κ1) is 67.9. The maximum Gasteiger partial charge on any atom is 0.397 e. The SMILES string of the molecule is CO[C@H]1OC(COS(=O)(=O)O)[C@@H](O[C@@H]2O[C@@H](N=O)[C@@H](O[C@H]3OC(COS(=O)(=O)O)[C@@H](O[C@@H]4OC(C(=O)O)[C@@H](O[C@H]5OC(COS(=O)(=O)O)[C@@H](O)[C@H](O)C5N)[C@H](O)C4O)[C@H](C)C3N)C(OCC3CCCCC3)C2OS(=O)(=O)O)[C@H](O)C1N. The number of carboxylic acids is 1. The number of carbonyl (C=O) groups is 1. The van der Waals surface area contributed by atoms with E-state index in [1.807, 2.05) is 0 Å². The topological polar surface area (TPSA) is 602 Å². The zero-order valence-corrected chi connectivity index (χ0v) is 45.6. The smallest absolute Gasteiger partial charge is 0.397 e. The highest BCUT2D eigenvalue weighted by Crippen LogP contribution is 2.39. The molecule has 0 radical (unpaired) electrons. The van der Waals surface area contributed by atoms with E-state index in [1.165, 1.54) is 6.92 Å². The Morgan fingerprint density at radius 2 is 1.01 bits per heavy atom. The number of nitroso groups, excluding NO2 is 1. The van der Waals surface area contributed by atoms with Gasteiger partial charge in [-0.15, -0.1) is 4.91 Å². The Morgan fingerprint density at radius 3 is 1.56 bits per heavy atom. The second kappa shape index (κ2) is 28.1. The lowest BCUT2D eigenvalue weighted by Gasteiger charge is -2.50. The summed E-state index contributed by atoms with van der Waals surface area (Å²) in [5.74, 6) is -3.54. The Morgan fingerprint density at radius 1 is 0.519 bits per heavy atom. The van der Waals surface area contributed by atoms with Gasteiger partial charge in [0.05, 0.1) is 50.7 Å². The Labute approximate surface area is 461 Å². The number of hydrogen-bond acceptors (Lipinski definition) is 34. The molecule has 5 saturated heterocycles. The molecule has 6 fully saturated rings. The standard InChI is InChI=1S/C38H66N4O35S4/c1-12-17(39)35(70-15(10-66-79(54,55)56)25(12)71-37-24(47)23(46)27(30(75-37)33(48)49)73-36-18(40)21(44)20(43)14(68-36)9-65-78(51,52)53)74-29-28(64-8-13-6-4-3-5-7-13)31(77-81(60,61)62)38(76-32(29)42-50)72-26-16(11-67-80(57,58)59)69-34(63-2)19(41)22(26)45/h12-32,34-38,43-47H,3-11,39-41H2,1-2H3,(H,48,49)(H,51,52,53)(H,54,55,56)(H,57,58,59)(H,60,61,62)/t12-,14?,15?,16?,17?,18?,19?,20-,21-,22-,23-,24?,25+,26-,27+,28?,29+,30?,31?,32-,34+,35-,36-,37-,38-/m1/s1. The molecule has 6 aliphatic rings. The van der Waals surface area contributed by atoms with Gasteiger partial charge in [0.1, 0.15) is 73.2 Å². The highest BCUT2D eigenvalue weighted by atomic mass is 32.3. The molecule has 1 aliphatic carbocycles. The van der Waals surface area contributed by atoms with Crippen molar-refractivity contribution in [2.45, 2.75) is 186 Å². The molecule has 0 aromatic heterocycles. The number of aliphatic hydroxyl groups excluding tert-OH is 5. The van der Waals surface area contributed by atoms with Gasteiger partial charge < -0.3 is 99.9 Å². The van der Waals surface area contributed by atoms with Crippen molar-refractivity contribution in [2.24, 2.45) is 34.2 Å². The average molecular weight is 1270 g/mol. The van der Waals surface area contributed by atoms with Gasteiger partial charge in [0, 0.05) is 13.0 Å². The summed E-state index contributed by atoms with van der Waals surface area (Å²) in [5, 5.41) is 68.1. The van der Waals surface area contributed by atoms with Crippen LogP contribution in [0.3, 0.4) is 0 Å². The van der Waals surface area contributed by atoms with Crippen LogP contribution in [0, 0.1) is 16.7 Å². The van der Waals surface area contributed by atoms with Crippen molar-refractivity contribution in [3.63, 3.8) is 0 Å². The summed E-state index contributed by atoms with van der Waals surface area (Å²) in [6.07, 6.45) is -40.1. The molecule has 0 aromatic rings. The van der Waals surface area contributed by atoms with Crippen molar-refractivity contribution >= 4 is 47.6 Å². The van der Waals surface area contributed by atoms with Crippen LogP contribution in [0.25, 0.3) is 0 Å². The molecule has 472 valence electrons. The molecule has 81 heavy (non-hydrogen) atoms. The van der Waals surface area contributed by atoms with Crippen molar-refractivity contribution in [3.05, 3.63) is 4.91 Å². The molecule has 10 unspecified atom stereocenters. The summed E-state index contributed by atoms with van der Waals surface area (Å²) >= 11 is 0. The van der Waals surface area contributed by atoms with Gasteiger partial charge in [-0.1, -0.05) is 26.2 Å². The first-order valence-electron chi connectivity index (χ1n) is 24.4. The summed E-state index contributed by atoms with van der Waals surface area (Å²) in [5.41, 5.74) is 18.6. The zero-order chi connectivity index (χ0) is 60.3. The minimum absolute atomic E-state index is 0.255. The van der Waals surface area contributed by atoms with Crippen LogP contribution in [0.4, 0.5) is 0 Å². The first-order chi connectivity index (χ1) is 37.6. The average Bonchev–Trinajstić information content (AvgIpc) is 3.46. The summed E-state index contributed by atoms with van der Waals surface area (Å²) in [6.45, 7) is -2.54. The van der Waals surface area contributed by atoms with E-state index in [2.05, 4.69) is 17.7 Å². The fourth-order valence-corrected chi connectivity index (χ4v) is 11.2. The Bertz CT molecular complexity index is 2540. The third-order valence-electron chi connectivity index (χ3n) is 14.0. The third kappa shape index (κ3) is 17.9. The van der Waals surface area contributed by atoms with E-state index < -0.39 is 221 Å². The highest BCUT2D eigenvalue weighted by Gasteiger charge is 2.59. The molecular weight excluding hydrogens is 1200 g/mol. The van der Waals surface area contributed by atoms with Gasteiger partial charge in [-0.2, -0.15) is 33.7 Å². The fourth-order valence-electron chi connectivity index (χ4n) is 9.83. The molecule has 25 atom stereocenters. The molecule has 6 rings (SSSR count). The van der Waals surface area contributed by atoms with Crippen LogP contribution in [0.5, 0.6) is 0 Å². The van der Waals surface area contributed by atoms with Crippen LogP contribution in [-0.2, 0) is 115 Å². The monoisotopic (exact) mass is 1270 g/mol. The Hall–Kier alpha value is -2.21. The molecule has 39 nitrogen and oxygen atoms in total. The van der Waals surface area contributed by atoms with E-state index in [1.54, 1.807) is 0 Å². The fraction of sp³-hybridized carbons (Fsp3) is 0.974. The molecule has 5 aliphatic heterocycles. The summed E-state index contributed by atoms with van der Waals surface area (Å²) in [6, 6.07) is -4.95. The molecule has 0 amide bonds. The molecule has 0 spiro atoms. The minimum Gasteiger partial charge on any atom is -0.479 e. The predicted octanol–water partition coefficient (Wildman–Crippen LogP) is -7.36. The number of aliphatic carboxylic acids is 1. The minimum atomic E-state index is -5.66. The van der Waals surface area contributed by atoms with Gasteiger partial charge in [-0.25, -0.2) is 21.5 Å². The number of nitrogens with zero attached hydrogens (tertiary/aromatic N) is 1. The van der Waals surface area contributed by atoms with Crippen molar-refractivity contribution in [3.8, 4) is 0 Å². The van der Waals surface area contributed by atoms with E-state index in [0.717, 1.165) is 26.4 Å². The van der Waals surface area contributed by atoms with E-state index in [9.17, 15) is 87.7 Å². The lowest BCUT2D eigenvalue weighted by molar-refractivity contribution is -0.373. The zero-order valence-electron chi connectivity index (χ0n) is 42.4. The van der Waals surface area contributed by atoms with E-state index in [0.29, 0.717) is 12.8 Å².